The van der Waals surface area contributed by atoms with E-state index in [4.69, 9.17) is 0 Å². The van der Waals surface area contributed by atoms with Crippen molar-refractivity contribution in [3.63, 3.8) is 0 Å². The number of rotatable bonds is 4. The largest absolute Gasteiger partial charge is 0.305 e. The SMILES string of the molecule is CCC1(C(=O)Cc2ccncc2)CCCN1. The molecule has 1 fully saturated rings. The Balaban J connectivity index is 2.07. The third kappa shape index (κ3) is 2.14. The molecule has 2 rings (SSSR count). The number of ketones is 1. The summed E-state index contributed by atoms with van der Waals surface area (Å²) in [6.45, 7) is 3.05. The molecular formula is C13H18N2O. The summed E-state index contributed by atoms with van der Waals surface area (Å²) in [4.78, 5) is 16.2. The molecule has 0 saturated carbocycles. The van der Waals surface area contributed by atoms with Crippen molar-refractivity contribution >= 4 is 5.78 Å². The van der Waals surface area contributed by atoms with Crippen LogP contribution in [0.2, 0.25) is 0 Å². The van der Waals surface area contributed by atoms with Crippen molar-refractivity contribution in [2.75, 3.05) is 6.54 Å². The highest BCUT2D eigenvalue weighted by molar-refractivity contribution is 5.90. The number of carbonyl (C=O) groups is 1. The van der Waals surface area contributed by atoms with Crippen LogP contribution in [0.15, 0.2) is 24.5 Å². The van der Waals surface area contributed by atoms with Crippen LogP contribution in [0.5, 0.6) is 0 Å². The summed E-state index contributed by atoms with van der Waals surface area (Å²) < 4.78 is 0. The molecule has 0 amide bonds. The molecule has 1 saturated heterocycles. The second-order valence-electron chi connectivity index (χ2n) is 4.42. The Morgan fingerprint density at radius 2 is 2.25 bits per heavy atom. The predicted octanol–water partition coefficient (Wildman–Crippen LogP) is 1.73. The number of aromatic nitrogens is 1. The van der Waals surface area contributed by atoms with Gasteiger partial charge in [-0.15, -0.1) is 0 Å². The van der Waals surface area contributed by atoms with Crippen molar-refractivity contribution < 1.29 is 4.79 Å². The molecule has 16 heavy (non-hydrogen) atoms. The maximum absolute atomic E-state index is 12.3. The zero-order valence-electron chi connectivity index (χ0n) is 9.70. The first kappa shape index (κ1) is 11.3. The van der Waals surface area contributed by atoms with E-state index in [9.17, 15) is 4.79 Å². The lowest BCUT2D eigenvalue weighted by molar-refractivity contribution is -0.124. The number of carbonyl (C=O) groups excluding carboxylic acids is 1. The van der Waals surface area contributed by atoms with E-state index >= 15 is 0 Å². The lowest BCUT2D eigenvalue weighted by atomic mass is 9.86. The summed E-state index contributed by atoms with van der Waals surface area (Å²) in [5.41, 5.74) is 0.796. The van der Waals surface area contributed by atoms with Gasteiger partial charge < -0.3 is 5.32 Å². The zero-order chi connectivity index (χ0) is 11.4. The van der Waals surface area contributed by atoms with Gasteiger partial charge in [0.2, 0.25) is 0 Å². The van der Waals surface area contributed by atoms with Gasteiger partial charge in [0.1, 0.15) is 0 Å². The van der Waals surface area contributed by atoms with Gasteiger partial charge in [-0.3, -0.25) is 9.78 Å². The third-order valence-corrected chi connectivity index (χ3v) is 3.50. The number of nitrogens with one attached hydrogen (secondary N) is 1. The van der Waals surface area contributed by atoms with Crippen molar-refractivity contribution in [3.05, 3.63) is 30.1 Å². The van der Waals surface area contributed by atoms with Gasteiger partial charge in [0.25, 0.3) is 0 Å². The van der Waals surface area contributed by atoms with Gasteiger partial charge in [0.05, 0.1) is 5.54 Å². The molecule has 2 heterocycles. The molecule has 1 N–H and O–H groups in total. The van der Waals surface area contributed by atoms with Crippen LogP contribution in [-0.2, 0) is 11.2 Å². The molecule has 3 nitrogen and oxygen atoms in total. The summed E-state index contributed by atoms with van der Waals surface area (Å²) in [6.07, 6.45) is 6.97. The van der Waals surface area contributed by atoms with E-state index in [0.29, 0.717) is 12.2 Å². The normalized spacial score (nSPS) is 24.6. The van der Waals surface area contributed by atoms with E-state index in [1.165, 1.54) is 0 Å². The van der Waals surface area contributed by atoms with Crippen molar-refractivity contribution in [1.82, 2.24) is 10.3 Å². The molecule has 86 valence electrons. The molecule has 0 spiro atoms. The highest BCUT2D eigenvalue weighted by Gasteiger charge is 2.38. The molecule has 0 aliphatic carbocycles. The van der Waals surface area contributed by atoms with Crippen LogP contribution in [-0.4, -0.2) is 22.9 Å². The fraction of sp³-hybridized carbons (Fsp3) is 0.538. The Morgan fingerprint density at radius 3 is 2.81 bits per heavy atom. The molecule has 1 atom stereocenters. The molecule has 3 heteroatoms. The summed E-state index contributed by atoms with van der Waals surface area (Å²) in [5.74, 6) is 0.318. The first-order valence-electron chi connectivity index (χ1n) is 5.94. The summed E-state index contributed by atoms with van der Waals surface area (Å²) in [7, 11) is 0. The maximum atomic E-state index is 12.3. The monoisotopic (exact) mass is 218 g/mol. The van der Waals surface area contributed by atoms with Crippen LogP contribution < -0.4 is 5.32 Å². The average Bonchev–Trinajstić information content (AvgIpc) is 2.80. The van der Waals surface area contributed by atoms with Crippen LogP contribution >= 0.6 is 0 Å². The summed E-state index contributed by atoms with van der Waals surface area (Å²) in [5, 5.41) is 3.37. The van der Waals surface area contributed by atoms with Crippen LogP contribution in [0.3, 0.4) is 0 Å². The number of hydrogen-bond donors (Lipinski definition) is 1. The quantitative estimate of drug-likeness (QED) is 0.836. The van der Waals surface area contributed by atoms with E-state index in [0.717, 1.165) is 31.4 Å². The van der Waals surface area contributed by atoms with Gasteiger partial charge in [-0.05, 0) is 43.5 Å². The van der Waals surface area contributed by atoms with Gasteiger partial charge in [-0.25, -0.2) is 0 Å². The Labute approximate surface area is 96.3 Å². The van der Waals surface area contributed by atoms with Gasteiger partial charge in [0.15, 0.2) is 5.78 Å². The molecule has 1 unspecified atom stereocenters. The van der Waals surface area contributed by atoms with Crippen molar-refractivity contribution in [3.8, 4) is 0 Å². The zero-order valence-corrected chi connectivity index (χ0v) is 9.70. The second kappa shape index (κ2) is 4.74. The fourth-order valence-electron chi connectivity index (χ4n) is 2.40. The van der Waals surface area contributed by atoms with Crippen LogP contribution in [0.4, 0.5) is 0 Å². The maximum Gasteiger partial charge on any atom is 0.157 e. The van der Waals surface area contributed by atoms with E-state index in [-0.39, 0.29) is 5.54 Å². The van der Waals surface area contributed by atoms with E-state index in [2.05, 4.69) is 17.2 Å². The smallest absolute Gasteiger partial charge is 0.157 e. The van der Waals surface area contributed by atoms with Crippen molar-refractivity contribution in [2.24, 2.45) is 0 Å². The molecule has 1 aliphatic rings. The van der Waals surface area contributed by atoms with Gasteiger partial charge in [-0.2, -0.15) is 0 Å². The minimum atomic E-state index is -0.261. The molecule has 1 aromatic rings. The van der Waals surface area contributed by atoms with Gasteiger partial charge >= 0.3 is 0 Å². The molecule has 0 radical (unpaired) electrons. The fourth-order valence-corrected chi connectivity index (χ4v) is 2.40. The predicted molar refractivity (Wildman–Crippen MR) is 63.2 cm³/mol. The first-order chi connectivity index (χ1) is 7.77. The Bertz CT molecular complexity index is 355. The van der Waals surface area contributed by atoms with Gasteiger partial charge in [0, 0.05) is 18.8 Å². The van der Waals surface area contributed by atoms with E-state index < -0.39 is 0 Å². The lowest BCUT2D eigenvalue weighted by Gasteiger charge is -2.26. The highest BCUT2D eigenvalue weighted by Crippen LogP contribution is 2.25. The highest BCUT2D eigenvalue weighted by atomic mass is 16.1. The number of hydrogen-bond acceptors (Lipinski definition) is 3. The molecular weight excluding hydrogens is 200 g/mol. The first-order valence-corrected chi connectivity index (χ1v) is 5.94. The molecule has 0 aromatic carbocycles. The molecule has 0 bridgehead atoms. The molecule has 1 aromatic heterocycles. The number of nitrogens with zero attached hydrogens (tertiary/aromatic N) is 1. The molecule has 1 aliphatic heterocycles. The third-order valence-electron chi connectivity index (χ3n) is 3.50. The van der Waals surface area contributed by atoms with Gasteiger partial charge in [-0.1, -0.05) is 6.92 Å². The second-order valence-corrected chi connectivity index (χ2v) is 4.42. The Hall–Kier alpha value is -1.22. The topological polar surface area (TPSA) is 42.0 Å². The lowest BCUT2D eigenvalue weighted by Crippen LogP contribution is -2.47. The standard InChI is InChI=1S/C13H18N2O/c1-2-13(6-3-7-15-13)12(16)10-11-4-8-14-9-5-11/h4-5,8-9,15H,2-3,6-7,10H2,1H3. The Morgan fingerprint density at radius 1 is 1.50 bits per heavy atom. The van der Waals surface area contributed by atoms with E-state index in [1.807, 2.05) is 12.1 Å². The van der Waals surface area contributed by atoms with E-state index in [1.54, 1.807) is 12.4 Å². The number of pyridine rings is 1. The van der Waals surface area contributed by atoms with Crippen LogP contribution in [0, 0.1) is 0 Å². The van der Waals surface area contributed by atoms with Crippen LogP contribution in [0.25, 0.3) is 0 Å². The minimum Gasteiger partial charge on any atom is -0.305 e. The number of Topliss-reactive ketones (excluding diaryl/α,β-unsaturated/α-hetero) is 1. The summed E-state index contributed by atoms with van der Waals surface area (Å²) >= 11 is 0. The Kier molecular flexibility index (Phi) is 3.34. The minimum absolute atomic E-state index is 0.261. The summed E-state index contributed by atoms with van der Waals surface area (Å²) in [6, 6.07) is 3.83. The van der Waals surface area contributed by atoms with Crippen molar-refractivity contribution in [2.45, 2.75) is 38.1 Å². The van der Waals surface area contributed by atoms with Crippen molar-refractivity contribution in [1.29, 1.82) is 0 Å². The van der Waals surface area contributed by atoms with Crippen LogP contribution in [0.1, 0.15) is 31.7 Å². The average molecular weight is 218 g/mol.